The molecule has 238 valence electrons. The quantitative estimate of drug-likeness (QED) is 0.310. The van der Waals surface area contributed by atoms with Crippen LogP contribution in [0.5, 0.6) is 0 Å². The van der Waals surface area contributed by atoms with Crippen LogP contribution in [-0.2, 0) is 13.0 Å². The van der Waals surface area contributed by atoms with Gasteiger partial charge < -0.3 is 36.0 Å². The maximum Gasteiger partial charge on any atom is 0.322 e. The van der Waals surface area contributed by atoms with Crippen LogP contribution in [0.4, 0.5) is 21.0 Å². The number of hydrogen-bond acceptors (Lipinski definition) is 5. The van der Waals surface area contributed by atoms with Crippen molar-refractivity contribution < 1.29 is 9.59 Å². The van der Waals surface area contributed by atoms with E-state index in [0.717, 1.165) is 64.7 Å². The zero-order valence-corrected chi connectivity index (χ0v) is 28.6. The number of nitrogens with zero attached hydrogens (tertiary/aromatic N) is 4. The summed E-state index contributed by atoms with van der Waals surface area (Å²) >= 11 is 7.19. The molecule has 0 aromatic heterocycles. The maximum absolute atomic E-state index is 13.7. The van der Waals surface area contributed by atoms with Gasteiger partial charge >= 0.3 is 12.1 Å². The largest absolute Gasteiger partial charge is 0.397 e. The zero-order chi connectivity index (χ0) is 30.6. The zero-order valence-electron chi connectivity index (χ0n) is 25.4. The van der Waals surface area contributed by atoms with Crippen LogP contribution in [0.1, 0.15) is 56.1 Å². The molecule has 4 N–H and O–H groups in total. The molecule has 0 radical (unpaired) electrons. The number of benzene rings is 2. The van der Waals surface area contributed by atoms with Crippen LogP contribution < -0.4 is 16.4 Å². The summed E-state index contributed by atoms with van der Waals surface area (Å²) in [4.78, 5) is 35.6. The number of nitrogen functional groups attached to an aromatic ring is 1. The topological polar surface area (TPSA) is 97.2 Å². The third-order valence-corrected chi connectivity index (χ3v) is 11.3. The lowest BCUT2D eigenvalue weighted by Crippen LogP contribution is -2.55. The second-order valence-corrected chi connectivity index (χ2v) is 14.6. The highest BCUT2D eigenvalue weighted by Crippen LogP contribution is 2.31. The molecule has 9 nitrogen and oxygen atoms in total. The first-order chi connectivity index (χ1) is 21.3. The maximum atomic E-state index is 13.7. The Morgan fingerprint density at radius 1 is 0.932 bits per heavy atom. The molecule has 4 aliphatic rings. The van der Waals surface area contributed by atoms with Crippen LogP contribution in [-0.4, -0.2) is 95.6 Å². The first-order valence-corrected chi connectivity index (χ1v) is 17.8. The van der Waals surface area contributed by atoms with E-state index in [0.29, 0.717) is 31.4 Å². The van der Waals surface area contributed by atoms with Gasteiger partial charge in [-0.3, -0.25) is 0 Å². The van der Waals surface area contributed by atoms with E-state index in [1.165, 1.54) is 45.2 Å². The van der Waals surface area contributed by atoms with Gasteiger partial charge in [0, 0.05) is 58.9 Å². The number of hydrogen-bond donors (Lipinski definition) is 3. The van der Waals surface area contributed by atoms with E-state index < -0.39 is 0 Å². The van der Waals surface area contributed by atoms with Crippen molar-refractivity contribution in [1.82, 2.24) is 24.9 Å². The lowest BCUT2D eigenvalue weighted by molar-refractivity contribution is 0.0872. The Morgan fingerprint density at radius 2 is 1.59 bits per heavy atom. The third-order valence-electron chi connectivity index (χ3n) is 9.94. The Kier molecular flexibility index (Phi) is 10.3. The summed E-state index contributed by atoms with van der Waals surface area (Å²) in [5.41, 5.74) is 10.0. The minimum absolute atomic E-state index is 0.0151. The summed E-state index contributed by atoms with van der Waals surface area (Å²) in [5, 5.41) is 6.44. The third kappa shape index (κ3) is 7.54. The van der Waals surface area contributed by atoms with Crippen molar-refractivity contribution in [2.75, 3.05) is 56.9 Å². The lowest BCUT2D eigenvalue weighted by atomic mass is 9.98. The normalized spacial score (nSPS) is 21.5. The number of nitrogens with one attached hydrogen (secondary N) is 2. The highest BCUT2D eigenvalue weighted by Gasteiger charge is 2.33. The minimum Gasteiger partial charge on any atom is -0.397 e. The Labute approximate surface area is 278 Å². The highest BCUT2D eigenvalue weighted by atomic mass is 79.9. The van der Waals surface area contributed by atoms with Crippen LogP contribution >= 0.6 is 31.9 Å². The molecule has 4 heterocycles. The number of carbonyl (C=O) groups excluding carboxylic acids is 2. The van der Waals surface area contributed by atoms with Gasteiger partial charge in [0.2, 0.25) is 0 Å². The Morgan fingerprint density at radius 3 is 2.30 bits per heavy atom. The fraction of sp³-hybridized carbons (Fsp3) is 0.576. The number of likely N-dealkylation sites (tertiary alicyclic amines) is 3. The number of amides is 4. The number of anilines is 2. The van der Waals surface area contributed by atoms with E-state index >= 15 is 0 Å². The molecule has 4 amide bonds. The molecule has 1 atom stereocenters. The van der Waals surface area contributed by atoms with Gasteiger partial charge in [0.1, 0.15) is 0 Å². The van der Waals surface area contributed by atoms with Gasteiger partial charge in [0.15, 0.2) is 0 Å². The number of para-hydroxylation sites is 1. The van der Waals surface area contributed by atoms with E-state index in [9.17, 15) is 9.59 Å². The molecular formula is C33H45Br2N7O2. The van der Waals surface area contributed by atoms with Crippen LogP contribution in [0, 0.1) is 0 Å². The molecule has 0 saturated carbocycles. The molecule has 6 rings (SSSR count). The van der Waals surface area contributed by atoms with Gasteiger partial charge in [0.05, 0.1) is 5.69 Å². The average Bonchev–Trinajstić information content (AvgIpc) is 3.04. The van der Waals surface area contributed by atoms with Crippen LogP contribution in [0.25, 0.3) is 0 Å². The van der Waals surface area contributed by atoms with Crippen molar-refractivity contribution in [2.45, 2.75) is 76.0 Å². The molecule has 0 aliphatic carbocycles. The second kappa shape index (κ2) is 14.4. The van der Waals surface area contributed by atoms with Crippen molar-refractivity contribution in [1.29, 1.82) is 0 Å². The van der Waals surface area contributed by atoms with Gasteiger partial charge in [0.25, 0.3) is 0 Å². The molecule has 44 heavy (non-hydrogen) atoms. The molecule has 4 aliphatic heterocycles. The van der Waals surface area contributed by atoms with Crippen LogP contribution in [0.2, 0.25) is 0 Å². The molecule has 0 bridgehead atoms. The van der Waals surface area contributed by atoms with E-state index in [2.05, 4.69) is 70.5 Å². The van der Waals surface area contributed by atoms with Gasteiger partial charge in [-0.1, -0.05) is 24.6 Å². The van der Waals surface area contributed by atoms with Crippen LogP contribution in [0.3, 0.4) is 0 Å². The number of rotatable bonds is 7. The van der Waals surface area contributed by atoms with E-state index in [4.69, 9.17) is 5.73 Å². The highest BCUT2D eigenvalue weighted by molar-refractivity contribution is 9.11. The lowest BCUT2D eigenvalue weighted by Gasteiger charge is -2.42. The van der Waals surface area contributed by atoms with E-state index in [1.54, 1.807) is 0 Å². The Hall–Kier alpha value is -2.34. The minimum atomic E-state index is -0.0449. The van der Waals surface area contributed by atoms with E-state index in [1.807, 2.05) is 28.0 Å². The van der Waals surface area contributed by atoms with E-state index in [-0.39, 0.29) is 24.1 Å². The molecule has 0 spiro atoms. The Bertz CT molecular complexity index is 1300. The molecular weight excluding hydrogens is 686 g/mol. The fourth-order valence-electron chi connectivity index (χ4n) is 7.43. The van der Waals surface area contributed by atoms with Gasteiger partial charge in [-0.15, -0.1) is 0 Å². The molecule has 3 fully saturated rings. The number of nitrogens with two attached hydrogens (primary N) is 1. The molecule has 2 aromatic rings. The van der Waals surface area contributed by atoms with Crippen molar-refractivity contribution in [3.05, 3.63) is 56.5 Å². The molecule has 2 aromatic carbocycles. The van der Waals surface area contributed by atoms with Gasteiger partial charge in [-0.05, 0) is 132 Å². The van der Waals surface area contributed by atoms with Crippen molar-refractivity contribution in [3.8, 4) is 0 Å². The summed E-state index contributed by atoms with van der Waals surface area (Å²) < 4.78 is 1.72. The predicted molar refractivity (Wildman–Crippen MR) is 183 cm³/mol. The van der Waals surface area contributed by atoms with Crippen LogP contribution in [0.15, 0.2) is 45.3 Å². The predicted octanol–water partition coefficient (Wildman–Crippen LogP) is 5.88. The summed E-state index contributed by atoms with van der Waals surface area (Å²) in [6.45, 7) is 7.32. The number of halogens is 2. The average molecular weight is 732 g/mol. The number of urea groups is 2. The van der Waals surface area contributed by atoms with Gasteiger partial charge in [-0.25, -0.2) is 9.59 Å². The molecule has 11 heteroatoms. The first kappa shape index (κ1) is 31.6. The summed E-state index contributed by atoms with van der Waals surface area (Å²) in [6, 6.07) is 12.8. The number of fused-ring (bicyclic) bond motifs is 1. The standard InChI is InChI=1S/C33H45Br2N7O2/c34-28-19-23(20-29(35)31(28)36)18-25(22-39-14-8-26(9-15-39)40-12-4-1-5-13-40)37-32(43)41-16-10-27(11-17-41)42-21-24-6-2-3-7-30(24)38-33(42)44/h2-3,6-7,19-20,25-27H,1,4-5,8-18,21-22,36H2,(H,37,43)(H,38,44)/t25-/m1/s1. The van der Waals surface area contributed by atoms with Crippen molar-refractivity contribution in [3.63, 3.8) is 0 Å². The summed E-state index contributed by atoms with van der Waals surface area (Å²) in [7, 11) is 0. The number of piperidine rings is 3. The summed E-state index contributed by atoms with van der Waals surface area (Å²) in [5.74, 6) is 0. The van der Waals surface area contributed by atoms with Crippen molar-refractivity contribution >= 4 is 55.3 Å². The SMILES string of the molecule is Nc1c(Br)cc(C[C@H](CN2CCC(N3CCCCC3)CC2)NC(=O)N2CCC(N3Cc4ccccc4NC3=O)CC2)cc1Br. The second-order valence-electron chi connectivity index (χ2n) is 12.9. The fourth-order valence-corrected chi connectivity index (χ4v) is 8.71. The number of carbonyl (C=O) groups is 2. The molecule has 0 unspecified atom stereocenters. The Balaban J connectivity index is 1.06. The summed E-state index contributed by atoms with van der Waals surface area (Å²) in [6.07, 6.45) is 8.69. The molecule has 3 saturated heterocycles. The smallest absolute Gasteiger partial charge is 0.322 e. The first-order valence-electron chi connectivity index (χ1n) is 16.2. The monoisotopic (exact) mass is 729 g/mol. The van der Waals surface area contributed by atoms with Crippen molar-refractivity contribution in [2.24, 2.45) is 0 Å². The van der Waals surface area contributed by atoms with Gasteiger partial charge in [-0.2, -0.15) is 0 Å².